The van der Waals surface area contributed by atoms with Crippen LogP contribution in [0.15, 0.2) is 53.6 Å². The van der Waals surface area contributed by atoms with E-state index in [1.54, 1.807) is 32.6 Å². The van der Waals surface area contributed by atoms with E-state index < -0.39 is 0 Å². The van der Waals surface area contributed by atoms with Gasteiger partial charge in [0.15, 0.2) is 0 Å². The standard InChI is InChI=1S/C22H28N4O3/c1-28-20-8-9-21(29-2)18(16-20)17-23-24-22(27)10-11-25-12-14-26(15-13-25)19-6-4-3-5-7-19/h3-9,16-17H,10-15H2,1-2H3,(H,24,27)/b23-17+. The van der Waals surface area contributed by atoms with Crippen LogP contribution in [-0.4, -0.2) is 64.0 Å². The Hall–Kier alpha value is -3.06. The number of piperazine rings is 1. The lowest BCUT2D eigenvalue weighted by atomic mass is 10.2. The molecule has 0 unspecified atom stereocenters. The van der Waals surface area contributed by atoms with Gasteiger partial charge in [0.25, 0.3) is 0 Å². The van der Waals surface area contributed by atoms with Crippen molar-refractivity contribution >= 4 is 17.8 Å². The van der Waals surface area contributed by atoms with Crippen molar-refractivity contribution < 1.29 is 14.3 Å². The third-order valence-electron chi connectivity index (χ3n) is 4.98. The molecule has 1 saturated heterocycles. The second kappa shape index (κ2) is 10.5. The van der Waals surface area contributed by atoms with Crippen LogP contribution in [0.3, 0.4) is 0 Å². The van der Waals surface area contributed by atoms with E-state index >= 15 is 0 Å². The molecule has 0 radical (unpaired) electrons. The van der Waals surface area contributed by atoms with Crippen LogP contribution in [0.2, 0.25) is 0 Å². The lowest BCUT2D eigenvalue weighted by Crippen LogP contribution is -2.47. The number of hydrazone groups is 1. The first-order valence-corrected chi connectivity index (χ1v) is 9.76. The Bertz CT molecular complexity index is 818. The first kappa shape index (κ1) is 20.7. The van der Waals surface area contributed by atoms with E-state index in [4.69, 9.17) is 9.47 Å². The molecule has 7 nitrogen and oxygen atoms in total. The first-order chi connectivity index (χ1) is 14.2. The molecule has 0 bridgehead atoms. The Morgan fingerprint density at radius 2 is 1.83 bits per heavy atom. The Morgan fingerprint density at radius 1 is 1.07 bits per heavy atom. The average Bonchev–Trinajstić information content (AvgIpc) is 2.78. The quantitative estimate of drug-likeness (QED) is 0.548. The van der Waals surface area contributed by atoms with E-state index in [1.165, 1.54) is 5.69 Å². The molecule has 29 heavy (non-hydrogen) atoms. The third kappa shape index (κ3) is 5.96. The number of para-hydroxylation sites is 1. The van der Waals surface area contributed by atoms with Gasteiger partial charge in [-0.1, -0.05) is 18.2 Å². The summed E-state index contributed by atoms with van der Waals surface area (Å²) in [6, 6.07) is 15.9. The van der Waals surface area contributed by atoms with E-state index in [0.29, 0.717) is 17.9 Å². The van der Waals surface area contributed by atoms with Gasteiger partial charge < -0.3 is 14.4 Å². The van der Waals surface area contributed by atoms with Crippen molar-refractivity contribution in [1.29, 1.82) is 0 Å². The van der Waals surface area contributed by atoms with Crippen molar-refractivity contribution in [3.05, 3.63) is 54.1 Å². The lowest BCUT2D eigenvalue weighted by molar-refractivity contribution is -0.121. The lowest BCUT2D eigenvalue weighted by Gasteiger charge is -2.36. The van der Waals surface area contributed by atoms with Crippen LogP contribution in [0.1, 0.15) is 12.0 Å². The van der Waals surface area contributed by atoms with Crippen LogP contribution in [0.4, 0.5) is 5.69 Å². The molecule has 0 saturated carbocycles. The summed E-state index contributed by atoms with van der Waals surface area (Å²) in [6.45, 7) is 4.57. The number of methoxy groups -OCH3 is 2. The van der Waals surface area contributed by atoms with Gasteiger partial charge in [-0.25, -0.2) is 5.43 Å². The van der Waals surface area contributed by atoms with Crippen molar-refractivity contribution in [3.63, 3.8) is 0 Å². The highest BCUT2D eigenvalue weighted by Crippen LogP contribution is 2.22. The zero-order valence-electron chi connectivity index (χ0n) is 17.0. The predicted molar refractivity (Wildman–Crippen MR) is 115 cm³/mol. The Labute approximate surface area is 171 Å². The molecule has 0 spiro atoms. The Kier molecular flexibility index (Phi) is 7.47. The van der Waals surface area contributed by atoms with Gasteiger partial charge in [0, 0.05) is 50.4 Å². The van der Waals surface area contributed by atoms with E-state index in [9.17, 15) is 4.79 Å². The van der Waals surface area contributed by atoms with Crippen molar-refractivity contribution in [3.8, 4) is 11.5 Å². The number of carbonyl (C=O) groups excluding carboxylic acids is 1. The van der Waals surface area contributed by atoms with E-state index in [1.807, 2.05) is 12.1 Å². The van der Waals surface area contributed by atoms with Gasteiger partial charge in [-0.2, -0.15) is 5.10 Å². The average molecular weight is 396 g/mol. The minimum atomic E-state index is -0.103. The topological polar surface area (TPSA) is 66.4 Å². The van der Waals surface area contributed by atoms with E-state index in [2.05, 4.69) is 44.6 Å². The second-order valence-corrected chi connectivity index (χ2v) is 6.82. The molecule has 1 N–H and O–H groups in total. The molecule has 7 heteroatoms. The molecule has 0 aromatic heterocycles. The summed E-state index contributed by atoms with van der Waals surface area (Å²) in [7, 11) is 3.19. The highest BCUT2D eigenvalue weighted by atomic mass is 16.5. The summed E-state index contributed by atoms with van der Waals surface area (Å²) < 4.78 is 10.5. The fraction of sp³-hybridized carbons (Fsp3) is 0.364. The van der Waals surface area contributed by atoms with Gasteiger partial charge in [0.2, 0.25) is 5.91 Å². The Morgan fingerprint density at radius 3 is 2.52 bits per heavy atom. The van der Waals surface area contributed by atoms with Gasteiger partial charge in [0.1, 0.15) is 11.5 Å². The number of carbonyl (C=O) groups is 1. The van der Waals surface area contributed by atoms with Crippen molar-refractivity contribution in [2.75, 3.05) is 51.8 Å². The molecule has 2 aromatic rings. The number of benzene rings is 2. The number of rotatable bonds is 8. The molecular formula is C22H28N4O3. The van der Waals surface area contributed by atoms with Gasteiger partial charge in [-0.15, -0.1) is 0 Å². The maximum Gasteiger partial charge on any atom is 0.241 e. The number of nitrogens with zero attached hydrogens (tertiary/aromatic N) is 3. The maximum atomic E-state index is 12.1. The second-order valence-electron chi connectivity index (χ2n) is 6.82. The minimum Gasteiger partial charge on any atom is -0.497 e. The normalized spacial score (nSPS) is 14.8. The van der Waals surface area contributed by atoms with Gasteiger partial charge in [-0.3, -0.25) is 9.69 Å². The molecule has 1 aliphatic rings. The summed E-state index contributed by atoms with van der Waals surface area (Å²) in [5.41, 5.74) is 4.59. The molecule has 1 fully saturated rings. The molecule has 1 heterocycles. The zero-order valence-corrected chi connectivity index (χ0v) is 17.0. The molecule has 1 amide bonds. The minimum absolute atomic E-state index is 0.103. The number of nitrogens with one attached hydrogen (secondary N) is 1. The van der Waals surface area contributed by atoms with Crippen LogP contribution in [0.25, 0.3) is 0 Å². The SMILES string of the molecule is COc1ccc(OC)c(/C=N/NC(=O)CCN2CCN(c3ccccc3)CC2)c1. The van der Waals surface area contributed by atoms with Crippen LogP contribution in [0, 0.1) is 0 Å². The fourth-order valence-electron chi connectivity index (χ4n) is 3.30. The highest BCUT2D eigenvalue weighted by Gasteiger charge is 2.17. The summed E-state index contributed by atoms with van der Waals surface area (Å²) in [4.78, 5) is 16.8. The summed E-state index contributed by atoms with van der Waals surface area (Å²) in [5, 5.41) is 4.05. The molecule has 0 atom stereocenters. The van der Waals surface area contributed by atoms with Crippen LogP contribution >= 0.6 is 0 Å². The summed E-state index contributed by atoms with van der Waals surface area (Å²) in [6.07, 6.45) is 1.98. The molecule has 3 rings (SSSR count). The molecule has 0 aliphatic carbocycles. The number of anilines is 1. The van der Waals surface area contributed by atoms with Gasteiger partial charge in [0.05, 0.1) is 20.4 Å². The number of amides is 1. The molecular weight excluding hydrogens is 368 g/mol. The summed E-state index contributed by atoms with van der Waals surface area (Å²) in [5.74, 6) is 1.27. The monoisotopic (exact) mass is 396 g/mol. The Balaban J connectivity index is 1.41. The molecule has 2 aromatic carbocycles. The van der Waals surface area contributed by atoms with Crippen molar-refractivity contribution in [1.82, 2.24) is 10.3 Å². The summed E-state index contributed by atoms with van der Waals surface area (Å²) >= 11 is 0. The van der Waals surface area contributed by atoms with Crippen LogP contribution in [-0.2, 0) is 4.79 Å². The smallest absolute Gasteiger partial charge is 0.241 e. The highest BCUT2D eigenvalue weighted by molar-refractivity contribution is 5.85. The number of hydrogen-bond donors (Lipinski definition) is 1. The fourth-order valence-corrected chi connectivity index (χ4v) is 3.30. The van der Waals surface area contributed by atoms with E-state index in [0.717, 1.165) is 38.3 Å². The number of hydrogen-bond acceptors (Lipinski definition) is 6. The number of ether oxygens (including phenoxy) is 2. The van der Waals surface area contributed by atoms with Crippen molar-refractivity contribution in [2.45, 2.75) is 6.42 Å². The third-order valence-corrected chi connectivity index (χ3v) is 4.98. The van der Waals surface area contributed by atoms with E-state index in [-0.39, 0.29) is 5.91 Å². The zero-order chi connectivity index (χ0) is 20.5. The van der Waals surface area contributed by atoms with Crippen LogP contribution < -0.4 is 19.8 Å². The first-order valence-electron chi connectivity index (χ1n) is 9.76. The molecule has 154 valence electrons. The van der Waals surface area contributed by atoms with Crippen LogP contribution in [0.5, 0.6) is 11.5 Å². The van der Waals surface area contributed by atoms with Gasteiger partial charge >= 0.3 is 0 Å². The largest absolute Gasteiger partial charge is 0.497 e. The van der Waals surface area contributed by atoms with Crippen molar-refractivity contribution in [2.24, 2.45) is 5.10 Å². The molecule has 1 aliphatic heterocycles. The maximum absolute atomic E-state index is 12.1. The predicted octanol–water partition coefficient (Wildman–Crippen LogP) is 2.37. The van der Waals surface area contributed by atoms with Gasteiger partial charge in [-0.05, 0) is 30.3 Å².